The summed E-state index contributed by atoms with van der Waals surface area (Å²) in [5.41, 5.74) is 2.04. The Balaban J connectivity index is 1.52. The molecule has 2 fully saturated rings. The van der Waals surface area contributed by atoms with Gasteiger partial charge in [0.1, 0.15) is 0 Å². The standard InChI is InChI=1S/C18H27N3O/c22-18(20-13-16-6-4-8-19-12-16)17-7-3-5-15(11-17)14-21-9-1-2-10-21/h3,5,7,11,16,19H,1-2,4,6,8-10,12-14H2,(H,20,22). The van der Waals surface area contributed by atoms with Crippen molar-refractivity contribution in [2.24, 2.45) is 5.92 Å². The summed E-state index contributed by atoms with van der Waals surface area (Å²) in [5.74, 6) is 0.638. The third kappa shape index (κ3) is 4.31. The Kier molecular flexibility index (Phi) is 5.46. The van der Waals surface area contributed by atoms with Gasteiger partial charge in [-0.25, -0.2) is 0 Å². The maximum atomic E-state index is 12.3. The Hall–Kier alpha value is -1.39. The number of carbonyl (C=O) groups excluding carboxylic acids is 1. The van der Waals surface area contributed by atoms with Crippen LogP contribution in [0.2, 0.25) is 0 Å². The predicted octanol–water partition coefficient (Wildman–Crippen LogP) is 2.01. The molecule has 0 spiro atoms. The fourth-order valence-corrected chi connectivity index (χ4v) is 3.45. The molecule has 1 aromatic rings. The van der Waals surface area contributed by atoms with Crippen molar-refractivity contribution in [3.8, 4) is 0 Å². The van der Waals surface area contributed by atoms with Crippen LogP contribution in [0.3, 0.4) is 0 Å². The van der Waals surface area contributed by atoms with Gasteiger partial charge in [-0.1, -0.05) is 12.1 Å². The average molecular weight is 301 g/mol. The molecule has 0 saturated carbocycles. The topological polar surface area (TPSA) is 44.4 Å². The largest absolute Gasteiger partial charge is 0.352 e. The van der Waals surface area contributed by atoms with E-state index in [0.29, 0.717) is 5.92 Å². The lowest BCUT2D eigenvalue weighted by Gasteiger charge is -2.23. The zero-order valence-corrected chi connectivity index (χ0v) is 13.3. The van der Waals surface area contributed by atoms with Crippen LogP contribution in [-0.2, 0) is 6.54 Å². The van der Waals surface area contributed by atoms with E-state index in [2.05, 4.69) is 21.6 Å². The predicted molar refractivity (Wildman–Crippen MR) is 88.9 cm³/mol. The van der Waals surface area contributed by atoms with Gasteiger partial charge in [0.15, 0.2) is 0 Å². The van der Waals surface area contributed by atoms with Gasteiger partial charge in [-0.2, -0.15) is 0 Å². The van der Waals surface area contributed by atoms with E-state index >= 15 is 0 Å². The SMILES string of the molecule is O=C(NCC1CCCNC1)c1cccc(CN2CCCC2)c1. The third-order valence-corrected chi connectivity index (χ3v) is 4.74. The Morgan fingerprint density at radius 3 is 2.91 bits per heavy atom. The summed E-state index contributed by atoms with van der Waals surface area (Å²) in [4.78, 5) is 14.8. The third-order valence-electron chi connectivity index (χ3n) is 4.74. The molecular weight excluding hydrogens is 274 g/mol. The molecule has 2 aliphatic heterocycles. The molecule has 4 nitrogen and oxygen atoms in total. The summed E-state index contributed by atoms with van der Waals surface area (Å²) >= 11 is 0. The zero-order chi connectivity index (χ0) is 15.2. The van der Waals surface area contributed by atoms with E-state index in [1.807, 2.05) is 18.2 Å². The fourth-order valence-electron chi connectivity index (χ4n) is 3.45. The second-order valence-corrected chi connectivity index (χ2v) is 6.61. The van der Waals surface area contributed by atoms with E-state index in [1.165, 1.54) is 44.3 Å². The number of nitrogens with one attached hydrogen (secondary N) is 2. The van der Waals surface area contributed by atoms with E-state index in [1.54, 1.807) is 0 Å². The average Bonchev–Trinajstić information content (AvgIpc) is 3.07. The van der Waals surface area contributed by atoms with Gasteiger partial charge in [-0.05, 0) is 75.5 Å². The van der Waals surface area contributed by atoms with Crippen molar-refractivity contribution in [2.75, 3.05) is 32.7 Å². The van der Waals surface area contributed by atoms with Gasteiger partial charge in [0.05, 0.1) is 0 Å². The van der Waals surface area contributed by atoms with E-state index in [9.17, 15) is 4.79 Å². The molecule has 0 radical (unpaired) electrons. The maximum Gasteiger partial charge on any atom is 0.251 e. The summed E-state index contributed by atoms with van der Waals surface area (Å²) in [6, 6.07) is 8.09. The van der Waals surface area contributed by atoms with E-state index in [0.717, 1.165) is 31.7 Å². The zero-order valence-electron chi connectivity index (χ0n) is 13.3. The van der Waals surface area contributed by atoms with Crippen LogP contribution in [0.1, 0.15) is 41.6 Å². The molecule has 1 aromatic carbocycles. The van der Waals surface area contributed by atoms with E-state index in [-0.39, 0.29) is 5.91 Å². The monoisotopic (exact) mass is 301 g/mol. The molecule has 1 amide bonds. The first-order chi connectivity index (χ1) is 10.8. The highest BCUT2D eigenvalue weighted by atomic mass is 16.1. The van der Waals surface area contributed by atoms with Crippen molar-refractivity contribution in [2.45, 2.75) is 32.2 Å². The number of rotatable bonds is 5. The Morgan fingerprint density at radius 2 is 2.14 bits per heavy atom. The number of amides is 1. The molecule has 2 aliphatic rings. The van der Waals surface area contributed by atoms with Gasteiger partial charge < -0.3 is 10.6 Å². The number of piperidine rings is 1. The number of likely N-dealkylation sites (tertiary alicyclic amines) is 1. The van der Waals surface area contributed by atoms with Crippen LogP contribution >= 0.6 is 0 Å². The number of hydrogen-bond donors (Lipinski definition) is 2. The minimum atomic E-state index is 0.0637. The van der Waals surface area contributed by atoms with Gasteiger partial charge in [-0.15, -0.1) is 0 Å². The summed E-state index contributed by atoms with van der Waals surface area (Å²) in [5, 5.41) is 6.49. The highest BCUT2D eigenvalue weighted by Crippen LogP contribution is 2.14. The lowest BCUT2D eigenvalue weighted by atomic mass is 9.99. The van der Waals surface area contributed by atoms with Gasteiger partial charge >= 0.3 is 0 Å². The molecule has 0 aliphatic carbocycles. The summed E-state index contributed by atoms with van der Waals surface area (Å²) < 4.78 is 0. The van der Waals surface area contributed by atoms with E-state index < -0.39 is 0 Å². The second-order valence-electron chi connectivity index (χ2n) is 6.61. The van der Waals surface area contributed by atoms with Crippen molar-refractivity contribution in [3.05, 3.63) is 35.4 Å². The first-order valence-electron chi connectivity index (χ1n) is 8.61. The lowest BCUT2D eigenvalue weighted by molar-refractivity contribution is 0.0944. The van der Waals surface area contributed by atoms with E-state index in [4.69, 9.17) is 0 Å². The minimum absolute atomic E-state index is 0.0637. The van der Waals surface area contributed by atoms with Gasteiger partial charge in [-0.3, -0.25) is 9.69 Å². The smallest absolute Gasteiger partial charge is 0.251 e. The minimum Gasteiger partial charge on any atom is -0.352 e. The normalized spacial score (nSPS) is 22.6. The van der Waals surface area contributed by atoms with Gasteiger partial charge in [0.2, 0.25) is 0 Å². The van der Waals surface area contributed by atoms with Crippen molar-refractivity contribution >= 4 is 5.91 Å². The molecule has 2 N–H and O–H groups in total. The Bertz CT molecular complexity index is 491. The number of hydrogen-bond acceptors (Lipinski definition) is 3. The lowest BCUT2D eigenvalue weighted by Crippen LogP contribution is -2.38. The number of carbonyl (C=O) groups is 1. The first-order valence-corrected chi connectivity index (χ1v) is 8.61. The second kappa shape index (κ2) is 7.75. The molecule has 4 heteroatoms. The summed E-state index contributed by atoms with van der Waals surface area (Å²) in [6.45, 7) is 6.25. The summed E-state index contributed by atoms with van der Waals surface area (Å²) in [6.07, 6.45) is 5.03. The molecular formula is C18H27N3O. The van der Waals surface area contributed by atoms with Crippen LogP contribution in [0.15, 0.2) is 24.3 Å². The highest BCUT2D eigenvalue weighted by Gasteiger charge is 2.15. The molecule has 2 heterocycles. The molecule has 22 heavy (non-hydrogen) atoms. The number of benzene rings is 1. The van der Waals surface area contributed by atoms with Crippen molar-refractivity contribution in [1.82, 2.24) is 15.5 Å². The molecule has 120 valence electrons. The van der Waals surface area contributed by atoms with Crippen LogP contribution in [0, 0.1) is 5.92 Å². The Labute approximate surface area is 133 Å². The summed E-state index contributed by atoms with van der Waals surface area (Å²) in [7, 11) is 0. The molecule has 0 aromatic heterocycles. The molecule has 3 rings (SSSR count). The number of nitrogens with zero attached hydrogens (tertiary/aromatic N) is 1. The molecule has 0 bridgehead atoms. The van der Waals surface area contributed by atoms with Crippen molar-refractivity contribution in [3.63, 3.8) is 0 Å². The maximum absolute atomic E-state index is 12.3. The van der Waals surface area contributed by atoms with Crippen LogP contribution in [0.4, 0.5) is 0 Å². The highest BCUT2D eigenvalue weighted by molar-refractivity contribution is 5.94. The van der Waals surface area contributed by atoms with Crippen LogP contribution in [-0.4, -0.2) is 43.5 Å². The molecule has 1 unspecified atom stereocenters. The van der Waals surface area contributed by atoms with Gasteiger partial charge in [0, 0.05) is 18.7 Å². The van der Waals surface area contributed by atoms with Crippen LogP contribution in [0.25, 0.3) is 0 Å². The van der Waals surface area contributed by atoms with Crippen LogP contribution in [0.5, 0.6) is 0 Å². The van der Waals surface area contributed by atoms with Gasteiger partial charge in [0.25, 0.3) is 5.91 Å². The van der Waals surface area contributed by atoms with Crippen LogP contribution < -0.4 is 10.6 Å². The quantitative estimate of drug-likeness (QED) is 0.874. The fraction of sp³-hybridized carbons (Fsp3) is 0.611. The first kappa shape index (κ1) is 15.5. The van der Waals surface area contributed by atoms with Crippen molar-refractivity contribution in [1.29, 1.82) is 0 Å². The molecule has 1 atom stereocenters. The Morgan fingerprint density at radius 1 is 1.27 bits per heavy atom. The van der Waals surface area contributed by atoms with Crippen molar-refractivity contribution < 1.29 is 4.79 Å². The molecule has 2 saturated heterocycles.